The van der Waals surface area contributed by atoms with Crippen molar-refractivity contribution in [3.05, 3.63) is 23.3 Å². The molecule has 0 unspecified atom stereocenters. The third kappa shape index (κ3) is 4.48. The molecule has 1 aliphatic heterocycles. The molecule has 0 aliphatic carbocycles. The van der Waals surface area contributed by atoms with Crippen molar-refractivity contribution in [3.63, 3.8) is 0 Å². The van der Waals surface area contributed by atoms with E-state index in [1.165, 1.54) is 10.6 Å². The fourth-order valence-electron chi connectivity index (χ4n) is 2.73. The highest BCUT2D eigenvalue weighted by molar-refractivity contribution is 7.88. The Morgan fingerprint density at radius 3 is 2.82 bits per heavy atom. The second-order valence-electron chi connectivity index (χ2n) is 5.76. The molecule has 22 heavy (non-hydrogen) atoms. The second kappa shape index (κ2) is 6.70. The van der Waals surface area contributed by atoms with Gasteiger partial charge in [0.1, 0.15) is 5.82 Å². The average molecular weight is 326 g/mol. The lowest BCUT2D eigenvalue weighted by Gasteiger charge is -2.30. The van der Waals surface area contributed by atoms with E-state index >= 15 is 0 Å². The number of primary amides is 1. The van der Waals surface area contributed by atoms with Crippen LogP contribution in [0.5, 0.6) is 0 Å². The van der Waals surface area contributed by atoms with E-state index in [2.05, 4.69) is 9.97 Å². The van der Waals surface area contributed by atoms with E-state index in [4.69, 9.17) is 5.73 Å². The molecule has 8 heteroatoms. The minimum atomic E-state index is -3.18. The molecule has 2 N–H and O–H groups in total. The topological polar surface area (TPSA) is 106 Å². The van der Waals surface area contributed by atoms with Gasteiger partial charge in [-0.1, -0.05) is 0 Å². The lowest BCUT2D eigenvalue weighted by Crippen LogP contribution is -2.38. The summed E-state index contributed by atoms with van der Waals surface area (Å²) in [5, 5.41) is 0. The van der Waals surface area contributed by atoms with Crippen molar-refractivity contribution in [2.24, 2.45) is 5.73 Å². The summed E-state index contributed by atoms with van der Waals surface area (Å²) in [7, 11) is -3.18. The van der Waals surface area contributed by atoms with E-state index in [-0.39, 0.29) is 18.2 Å². The van der Waals surface area contributed by atoms with Gasteiger partial charge in [0, 0.05) is 36.8 Å². The predicted octanol–water partition coefficient (Wildman–Crippen LogP) is 0.342. The quantitative estimate of drug-likeness (QED) is 0.840. The third-order valence-corrected chi connectivity index (χ3v) is 5.08. The number of carbonyl (C=O) groups is 1. The molecule has 1 aliphatic rings. The lowest BCUT2D eigenvalue weighted by atomic mass is 9.95. The first-order valence-electron chi connectivity index (χ1n) is 7.33. The van der Waals surface area contributed by atoms with Crippen LogP contribution in [0.3, 0.4) is 0 Å². The number of amides is 1. The van der Waals surface area contributed by atoms with E-state index < -0.39 is 10.0 Å². The summed E-state index contributed by atoms with van der Waals surface area (Å²) in [5.41, 5.74) is 6.79. The molecule has 1 aromatic rings. The number of hydrogen-bond donors (Lipinski definition) is 1. The summed E-state index contributed by atoms with van der Waals surface area (Å²) in [5.74, 6) is 0.338. The number of aromatic nitrogens is 2. The van der Waals surface area contributed by atoms with Gasteiger partial charge in [-0.3, -0.25) is 4.79 Å². The molecule has 0 saturated carbocycles. The maximum Gasteiger partial charge on any atom is 0.217 e. The van der Waals surface area contributed by atoms with E-state index in [9.17, 15) is 13.2 Å². The number of aryl methyl sites for hydroxylation is 2. The first-order valence-corrected chi connectivity index (χ1v) is 9.18. The largest absolute Gasteiger partial charge is 0.370 e. The zero-order chi connectivity index (χ0) is 16.3. The van der Waals surface area contributed by atoms with Crippen LogP contribution in [-0.2, 0) is 21.2 Å². The van der Waals surface area contributed by atoms with Crippen molar-refractivity contribution in [1.82, 2.24) is 14.3 Å². The Morgan fingerprint density at radius 1 is 1.45 bits per heavy atom. The van der Waals surface area contributed by atoms with Crippen molar-refractivity contribution >= 4 is 15.9 Å². The molecule has 0 bridgehead atoms. The Labute approximate surface area is 131 Å². The van der Waals surface area contributed by atoms with Crippen LogP contribution in [0.15, 0.2) is 6.07 Å². The van der Waals surface area contributed by atoms with Crippen molar-refractivity contribution in [2.75, 3.05) is 19.3 Å². The van der Waals surface area contributed by atoms with Crippen LogP contribution in [0.4, 0.5) is 0 Å². The molecule has 0 spiro atoms. The second-order valence-corrected chi connectivity index (χ2v) is 7.74. The average Bonchev–Trinajstić information content (AvgIpc) is 2.44. The number of carbonyl (C=O) groups excluding carboxylic acids is 1. The van der Waals surface area contributed by atoms with Gasteiger partial charge in [-0.2, -0.15) is 0 Å². The van der Waals surface area contributed by atoms with Gasteiger partial charge in [-0.25, -0.2) is 22.7 Å². The Morgan fingerprint density at radius 2 is 2.18 bits per heavy atom. The Balaban J connectivity index is 2.18. The molecule has 122 valence electrons. The summed E-state index contributed by atoms with van der Waals surface area (Å²) in [6, 6.07) is 1.87. The first-order chi connectivity index (χ1) is 10.3. The molecular formula is C14H22N4O3S. The Hall–Kier alpha value is -1.54. The van der Waals surface area contributed by atoms with Crippen molar-refractivity contribution in [1.29, 1.82) is 0 Å². The van der Waals surface area contributed by atoms with Crippen LogP contribution in [0.1, 0.15) is 42.4 Å². The molecule has 1 fully saturated rings. The fourth-order valence-corrected chi connectivity index (χ4v) is 3.64. The number of nitrogens with two attached hydrogens (primary N) is 1. The van der Waals surface area contributed by atoms with Crippen LogP contribution < -0.4 is 5.73 Å². The highest BCUT2D eigenvalue weighted by Crippen LogP contribution is 2.27. The van der Waals surface area contributed by atoms with Gasteiger partial charge in [0.25, 0.3) is 0 Å². The maximum atomic E-state index is 11.7. The molecule has 0 radical (unpaired) electrons. The molecule has 1 saturated heterocycles. The number of hydrogen-bond acceptors (Lipinski definition) is 5. The molecule has 7 nitrogen and oxygen atoms in total. The lowest BCUT2D eigenvalue weighted by molar-refractivity contribution is -0.118. The smallest absolute Gasteiger partial charge is 0.217 e. The minimum Gasteiger partial charge on any atom is -0.370 e. The summed E-state index contributed by atoms with van der Waals surface area (Å²) in [6.45, 7) is 2.81. The van der Waals surface area contributed by atoms with Crippen LogP contribution in [0.25, 0.3) is 0 Å². The van der Waals surface area contributed by atoms with Gasteiger partial charge < -0.3 is 5.73 Å². The number of rotatable bonds is 5. The molecule has 1 atom stereocenters. The van der Waals surface area contributed by atoms with E-state index in [1.54, 1.807) is 6.92 Å². The number of sulfonamides is 1. The summed E-state index contributed by atoms with van der Waals surface area (Å²) < 4.78 is 24.9. The number of piperidine rings is 1. The highest BCUT2D eigenvalue weighted by Gasteiger charge is 2.28. The number of nitrogens with zero attached hydrogens (tertiary/aromatic N) is 3. The fraction of sp³-hybridized carbons (Fsp3) is 0.643. The van der Waals surface area contributed by atoms with E-state index in [0.29, 0.717) is 25.3 Å². The normalized spacial score (nSPS) is 20.0. The first kappa shape index (κ1) is 16.8. The van der Waals surface area contributed by atoms with Crippen LogP contribution >= 0.6 is 0 Å². The Kier molecular flexibility index (Phi) is 5.12. The minimum absolute atomic E-state index is 0.0671. The highest BCUT2D eigenvalue weighted by atomic mass is 32.2. The summed E-state index contributed by atoms with van der Waals surface area (Å²) >= 11 is 0. The third-order valence-electron chi connectivity index (χ3n) is 3.81. The molecule has 0 aromatic carbocycles. The standard InChI is InChI=1S/C14H22N4O3S/c1-10-16-12(5-6-14(15)19)8-13(17-10)11-4-3-7-18(9-11)22(2,20)21/h8,11H,3-7,9H2,1-2H3,(H2,15,19)/t11-/m0/s1. The predicted molar refractivity (Wildman–Crippen MR) is 82.7 cm³/mol. The van der Waals surface area contributed by atoms with Crippen molar-refractivity contribution in [3.8, 4) is 0 Å². The van der Waals surface area contributed by atoms with Crippen molar-refractivity contribution < 1.29 is 13.2 Å². The zero-order valence-corrected chi connectivity index (χ0v) is 13.8. The molecular weight excluding hydrogens is 304 g/mol. The molecule has 1 amide bonds. The van der Waals surface area contributed by atoms with Gasteiger partial charge in [0.05, 0.1) is 6.26 Å². The van der Waals surface area contributed by atoms with E-state index in [1.807, 2.05) is 6.07 Å². The molecule has 2 rings (SSSR count). The zero-order valence-electron chi connectivity index (χ0n) is 12.9. The molecule has 2 heterocycles. The van der Waals surface area contributed by atoms with E-state index in [0.717, 1.165) is 24.2 Å². The summed E-state index contributed by atoms with van der Waals surface area (Å²) in [4.78, 5) is 19.7. The van der Waals surface area contributed by atoms with Crippen LogP contribution in [0.2, 0.25) is 0 Å². The van der Waals surface area contributed by atoms with Gasteiger partial charge in [-0.15, -0.1) is 0 Å². The Bertz CT molecular complexity index is 660. The van der Waals surface area contributed by atoms with Crippen molar-refractivity contribution in [2.45, 2.75) is 38.5 Å². The van der Waals surface area contributed by atoms with Gasteiger partial charge in [0.15, 0.2) is 0 Å². The monoisotopic (exact) mass is 326 g/mol. The van der Waals surface area contributed by atoms with Crippen LogP contribution in [0, 0.1) is 6.92 Å². The van der Waals surface area contributed by atoms with Gasteiger partial charge in [-0.05, 0) is 32.3 Å². The maximum absolute atomic E-state index is 11.7. The van der Waals surface area contributed by atoms with Gasteiger partial charge >= 0.3 is 0 Å². The SMILES string of the molecule is Cc1nc(CCC(N)=O)cc([C@H]2CCCN(S(C)(=O)=O)C2)n1. The van der Waals surface area contributed by atoms with Crippen LogP contribution in [-0.4, -0.2) is 47.9 Å². The van der Waals surface area contributed by atoms with Gasteiger partial charge in [0.2, 0.25) is 15.9 Å². The summed E-state index contributed by atoms with van der Waals surface area (Å²) in [6.07, 6.45) is 3.68. The molecule has 1 aromatic heterocycles.